The molecule has 0 aliphatic heterocycles. The van der Waals surface area contributed by atoms with Gasteiger partial charge in [0.25, 0.3) is 0 Å². The number of hydrogen-bond donors (Lipinski definition) is 2. The van der Waals surface area contributed by atoms with Gasteiger partial charge in [-0.05, 0) is 18.6 Å². The lowest BCUT2D eigenvalue weighted by Crippen LogP contribution is -2.32. The number of anilines is 1. The van der Waals surface area contributed by atoms with Gasteiger partial charge in [0, 0.05) is 12.1 Å². The van der Waals surface area contributed by atoms with Gasteiger partial charge in [-0.3, -0.25) is 9.59 Å². The Balaban J connectivity index is 2.29. The van der Waals surface area contributed by atoms with E-state index in [-0.39, 0.29) is 18.4 Å². The van der Waals surface area contributed by atoms with Crippen LogP contribution in [-0.2, 0) is 9.59 Å². The molecule has 86 valence electrons. The number of carbonyl (C=O) groups excluding carboxylic acids is 2. The zero-order chi connectivity index (χ0) is 11.8. The van der Waals surface area contributed by atoms with Crippen molar-refractivity contribution in [2.24, 2.45) is 0 Å². The molecule has 2 N–H and O–H groups in total. The largest absolute Gasteiger partial charge is 0.347 e. The summed E-state index contributed by atoms with van der Waals surface area (Å²) in [4.78, 5) is 22.5. The molecule has 0 aliphatic carbocycles. The van der Waals surface area contributed by atoms with E-state index in [1.54, 1.807) is 12.1 Å². The van der Waals surface area contributed by atoms with Crippen LogP contribution in [0.2, 0.25) is 0 Å². The Kier molecular flexibility index (Phi) is 5.05. The van der Waals surface area contributed by atoms with Crippen LogP contribution in [0.5, 0.6) is 0 Å². The molecular weight excluding hydrogens is 204 g/mol. The second kappa shape index (κ2) is 6.61. The van der Waals surface area contributed by atoms with Crippen molar-refractivity contribution in [1.29, 1.82) is 0 Å². The summed E-state index contributed by atoms with van der Waals surface area (Å²) in [5.41, 5.74) is 0.734. The third-order valence-electron chi connectivity index (χ3n) is 1.98. The van der Waals surface area contributed by atoms with E-state index in [1.807, 2.05) is 25.1 Å². The summed E-state index contributed by atoms with van der Waals surface area (Å²) in [6.45, 7) is 1.94. The highest BCUT2D eigenvalue weighted by molar-refractivity contribution is 5.94. The third-order valence-corrected chi connectivity index (χ3v) is 1.98. The molecule has 16 heavy (non-hydrogen) atoms. The second-order valence-electron chi connectivity index (χ2n) is 3.44. The molecule has 0 heterocycles. The van der Waals surface area contributed by atoms with Crippen LogP contribution in [0.3, 0.4) is 0 Å². The minimum Gasteiger partial charge on any atom is -0.347 e. The van der Waals surface area contributed by atoms with E-state index in [0.29, 0.717) is 6.42 Å². The average Bonchev–Trinajstić information content (AvgIpc) is 2.28. The van der Waals surface area contributed by atoms with Crippen molar-refractivity contribution in [1.82, 2.24) is 5.32 Å². The molecule has 2 amide bonds. The molecule has 0 radical (unpaired) electrons. The van der Waals surface area contributed by atoms with Gasteiger partial charge in [-0.2, -0.15) is 0 Å². The Labute approximate surface area is 95.0 Å². The van der Waals surface area contributed by atoms with E-state index in [9.17, 15) is 9.59 Å². The summed E-state index contributed by atoms with van der Waals surface area (Å²) in [5.74, 6) is -0.304. The van der Waals surface area contributed by atoms with E-state index < -0.39 is 0 Å². The molecule has 0 saturated carbocycles. The maximum Gasteiger partial charge on any atom is 0.243 e. The van der Waals surface area contributed by atoms with Gasteiger partial charge >= 0.3 is 0 Å². The molecule has 1 aromatic rings. The first-order valence-electron chi connectivity index (χ1n) is 5.34. The maximum absolute atomic E-state index is 11.4. The fourth-order valence-electron chi connectivity index (χ4n) is 1.22. The Morgan fingerprint density at radius 1 is 1.12 bits per heavy atom. The Hall–Kier alpha value is -1.84. The van der Waals surface area contributed by atoms with E-state index in [1.165, 1.54) is 0 Å². The predicted molar refractivity (Wildman–Crippen MR) is 63.0 cm³/mol. The smallest absolute Gasteiger partial charge is 0.243 e. The Morgan fingerprint density at radius 3 is 2.44 bits per heavy atom. The van der Waals surface area contributed by atoms with Gasteiger partial charge in [0.2, 0.25) is 11.8 Å². The van der Waals surface area contributed by atoms with Crippen LogP contribution >= 0.6 is 0 Å². The molecule has 0 spiro atoms. The molecule has 0 unspecified atom stereocenters. The molecular formula is C12H16N2O2. The molecule has 0 aromatic heterocycles. The van der Waals surface area contributed by atoms with Gasteiger partial charge in [-0.1, -0.05) is 25.1 Å². The van der Waals surface area contributed by atoms with Crippen LogP contribution in [0.1, 0.15) is 19.8 Å². The average molecular weight is 220 g/mol. The molecule has 0 saturated heterocycles. The van der Waals surface area contributed by atoms with Gasteiger partial charge in [-0.25, -0.2) is 0 Å². The number of hydrogen-bond acceptors (Lipinski definition) is 2. The van der Waals surface area contributed by atoms with E-state index in [0.717, 1.165) is 12.1 Å². The van der Waals surface area contributed by atoms with Crippen molar-refractivity contribution in [3.63, 3.8) is 0 Å². The number of nitrogens with one attached hydrogen (secondary N) is 2. The number of benzene rings is 1. The van der Waals surface area contributed by atoms with Crippen LogP contribution in [0.15, 0.2) is 30.3 Å². The lowest BCUT2D eigenvalue weighted by Gasteiger charge is -2.06. The van der Waals surface area contributed by atoms with Crippen LogP contribution in [0.25, 0.3) is 0 Å². The minimum atomic E-state index is -0.212. The van der Waals surface area contributed by atoms with E-state index in [2.05, 4.69) is 10.6 Å². The van der Waals surface area contributed by atoms with Gasteiger partial charge in [0.05, 0.1) is 6.54 Å². The molecule has 0 atom stereocenters. The Bertz CT molecular complexity index is 349. The number of amides is 2. The van der Waals surface area contributed by atoms with Crippen LogP contribution in [0.4, 0.5) is 5.69 Å². The van der Waals surface area contributed by atoms with Crippen molar-refractivity contribution in [3.8, 4) is 0 Å². The highest BCUT2D eigenvalue weighted by Gasteiger charge is 2.04. The van der Waals surface area contributed by atoms with Gasteiger partial charge in [-0.15, -0.1) is 0 Å². The van der Waals surface area contributed by atoms with Crippen LogP contribution < -0.4 is 10.6 Å². The lowest BCUT2D eigenvalue weighted by atomic mass is 10.3. The molecule has 0 fully saturated rings. The summed E-state index contributed by atoms with van der Waals surface area (Å²) < 4.78 is 0. The first-order valence-corrected chi connectivity index (χ1v) is 5.34. The van der Waals surface area contributed by atoms with E-state index >= 15 is 0 Å². The maximum atomic E-state index is 11.4. The zero-order valence-electron chi connectivity index (χ0n) is 9.32. The molecule has 1 rings (SSSR count). The number of carbonyl (C=O) groups is 2. The molecule has 4 nitrogen and oxygen atoms in total. The van der Waals surface area contributed by atoms with Crippen molar-refractivity contribution < 1.29 is 9.59 Å². The summed E-state index contributed by atoms with van der Waals surface area (Å²) >= 11 is 0. The van der Waals surface area contributed by atoms with Crippen molar-refractivity contribution >= 4 is 17.5 Å². The summed E-state index contributed by atoms with van der Waals surface area (Å²) in [5, 5.41) is 5.24. The topological polar surface area (TPSA) is 58.2 Å². The fourth-order valence-corrected chi connectivity index (χ4v) is 1.22. The van der Waals surface area contributed by atoms with Crippen molar-refractivity contribution in [2.75, 3.05) is 11.9 Å². The summed E-state index contributed by atoms with van der Waals surface area (Å²) in [6, 6.07) is 9.15. The monoisotopic (exact) mass is 220 g/mol. The summed E-state index contributed by atoms with van der Waals surface area (Å²) in [7, 11) is 0. The highest BCUT2D eigenvalue weighted by atomic mass is 16.2. The summed E-state index contributed by atoms with van der Waals surface area (Å²) in [6.07, 6.45) is 1.24. The van der Waals surface area contributed by atoms with Gasteiger partial charge in [0.15, 0.2) is 0 Å². The van der Waals surface area contributed by atoms with Crippen LogP contribution in [-0.4, -0.2) is 18.4 Å². The Morgan fingerprint density at radius 2 is 1.81 bits per heavy atom. The fraction of sp³-hybridized carbons (Fsp3) is 0.333. The van der Waals surface area contributed by atoms with Gasteiger partial charge < -0.3 is 10.6 Å². The van der Waals surface area contributed by atoms with Crippen LogP contribution in [0, 0.1) is 0 Å². The first kappa shape index (κ1) is 12.2. The molecule has 1 aromatic carbocycles. The second-order valence-corrected chi connectivity index (χ2v) is 3.44. The number of rotatable bonds is 5. The normalized spacial score (nSPS) is 9.56. The third kappa shape index (κ3) is 4.59. The SMILES string of the molecule is CCCC(=O)NCC(=O)Nc1ccccc1. The molecule has 0 bridgehead atoms. The number of para-hydroxylation sites is 1. The zero-order valence-corrected chi connectivity index (χ0v) is 9.32. The van der Waals surface area contributed by atoms with Crippen molar-refractivity contribution in [3.05, 3.63) is 30.3 Å². The standard InChI is InChI=1S/C12H16N2O2/c1-2-6-11(15)13-9-12(16)14-10-7-4-3-5-8-10/h3-5,7-8H,2,6,9H2,1H3,(H,13,15)(H,14,16). The van der Waals surface area contributed by atoms with Gasteiger partial charge in [0.1, 0.15) is 0 Å². The molecule has 4 heteroatoms. The predicted octanol–water partition coefficient (Wildman–Crippen LogP) is 1.54. The molecule has 0 aliphatic rings. The minimum absolute atomic E-state index is 0.0216. The lowest BCUT2D eigenvalue weighted by molar-refractivity contribution is -0.124. The van der Waals surface area contributed by atoms with Crippen molar-refractivity contribution in [2.45, 2.75) is 19.8 Å². The quantitative estimate of drug-likeness (QED) is 0.790. The first-order chi connectivity index (χ1) is 7.72. The van der Waals surface area contributed by atoms with E-state index in [4.69, 9.17) is 0 Å². The highest BCUT2D eigenvalue weighted by Crippen LogP contribution is 2.03.